The molecule has 0 spiro atoms. The molecule has 4 rings (SSSR count). The number of benzene rings is 4. The van der Waals surface area contributed by atoms with Crippen LogP contribution in [0.3, 0.4) is 0 Å². The molecule has 0 bridgehead atoms. The van der Waals surface area contributed by atoms with Gasteiger partial charge in [-0.1, -0.05) is 80.1 Å². The lowest BCUT2D eigenvalue weighted by molar-refractivity contribution is 0.797. The molecule has 124 valence electrons. The number of fused-ring (bicyclic) bond motifs is 2. The number of aryl methyl sites for hydroxylation is 1. The predicted octanol–water partition coefficient (Wildman–Crippen LogP) is 7.61. The third-order valence-corrected chi connectivity index (χ3v) is 5.84. The van der Waals surface area contributed by atoms with Gasteiger partial charge in [0.05, 0.1) is 0 Å². The lowest BCUT2D eigenvalue weighted by Gasteiger charge is -2.17. The van der Waals surface area contributed by atoms with Crippen molar-refractivity contribution >= 4 is 44.1 Å². The first kappa shape index (κ1) is 16.6. The summed E-state index contributed by atoms with van der Waals surface area (Å²) >= 11 is 2.50. The van der Waals surface area contributed by atoms with Gasteiger partial charge in [-0.2, -0.15) is 0 Å². The van der Waals surface area contributed by atoms with Crippen molar-refractivity contribution in [2.24, 2.45) is 0 Å². The number of halogens is 1. The van der Waals surface area contributed by atoms with Crippen molar-refractivity contribution in [3.63, 3.8) is 0 Å². The molecule has 0 saturated heterocycles. The highest BCUT2D eigenvalue weighted by Crippen LogP contribution is 2.40. The summed E-state index contributed by atoms with van der Waals surface area (Å²) in [4.78, 5) is 0. The lowest BCUT2D eigenvalue weighted by atomic mass is 9.88. The van der Waals surface area contributed by atoms with E-state index in [4.69, 9.17) is 0 Å². The maximum atomic E-state index is 2.50. The highest BCUT2D eigenvalue weighted by Gasteiger charge is 2.15. The minimum atomic E-state index is 1.13. The summed E-state index contributed by atoms with van der Waals surface area (Å²) in [7, 11) is 0. The van der Waals surface area contributed by atoms with Gasteiger partial charge in [-0.3, -0.25) is 0 Å². The number of rotatable bonds is 4. The first-order valence-electron chi connectivity index (χ1n) is 8.98. The second kappa shape index (κ2) is 7.17. The van der Waals surface area contributed by atoms with Crippen molar-refractivity contribution in [3.05, 3.63) is 81.9 Å². The minimum Gasteiger partial charge on any atom is -0.0654 e. The third-order valence-electron chi connectivity index (χ3n) is 4.94. The van der Waals surface area contributed by atoms with E-state index in [0.717, 1.165) is 6.42 Å². The minimum absolute atomic E-state index is 1.13. The molecule has 0 unspecified atom stereocenters. The van der Waals surface area contributed by atoms with Crippen LogP contribution in [0, 0.1) is 3.57 Å². The molecule has 1 heteroatoms. The van der Waals surface area contributed by atoms with Crippen LogP contribution in [0.5, 0.6) is 0 Å². The molecule has 0 fully saturated rings. The highest BCUT2D eigenvalue weighted by atomic mass is 127. The summed E-state index contributed by atoms with van der Waals surface area (Å²) < 4.78 is 1.32. The van der Waals surface area contributed by atoms with Crippen LogP contribution >= 0.6 is 22.6 Å². The van der Waals surface area contributed by atoms with Crippen LogP contribution in [0.1, 0.15) is 25.3 Å². The number of unbranched alkanes of at least 4 members (excludes halogenated alkanes) is 1. The van der Waals surface area contributed by atoms with E-state index < -0.39 is 0 Å². The zero-order valence-corrected chi connectivity index (χ0v) is 16.6. The molecule has 0 N–H and O–H groups in total. The Morgan fingerprint density at radius 1 is 0.680 bits per heavy atom. The van der Waals surface area contributed by atoms with Gasteiger partial charge < -0.3 is 0 Å². The van der Waals surface area contributed by atoms with E-state index in [0.29, 0.717) is 0 Å². The van der Waals surface area contributed by atoms with E-state index in [1.807, 2.05) is 0 Å². The summed E-state index contributed by atoms with van der Waals surface area (Å²) in [6, 6.07) is 26.6. The van der Waals surface area contributed by atoms with Crippen molar-refractivity contribution in [1.29, 1.82) is 0 Å². The van der Waals surface area contributed by atoms with Crippen LogP contribution in [0.15, 0.2) is 72.8 Å². The second-order valence-electron chi connectivity index (χ2n) is 6.57. The van der Waals surface area contributed by atoms with Crippen LogP contribution < -0.4 is 0 Å². The van der Waals surface area contributed by atoms with E-state index in [-0.39, 0.29) is 0 Å². The Balaban J connectivity index is 2.11. The average Bonchev–Trinajstić information content (AvgIpc) is 2.66. The molecule has 0 aliphatic rings. The Kier molecular flexibility index (Phi) is 4.76. The van der Waals surface area contributed by atoms with E-state index in [9.17, 15) is 0 Å². The van der Waals surface area contributed by atoms with Gasteiger partial charge in [0.2, 0.25) is 0 Å². The van der Waals surface area contributed by atoms with Crippen LogP contribution in [-0.4, -0.2) is 0 Å². The fourth-order valence-electron chi connectivity index (χ4n) is 3.69. The van der Waals surface area contributed by atoms with Crippen molar-refractivity contribution in [2.75, 3.05) is 0 Å². The van der Waals surface area contributed by atoms with Crippen LogP contribution in [0.2, 0.25) is 0 Å². The molecule has 4 aromatic carbocycles. The highest BCUT2D eigenvalue weighted by molar-refractivity contribution is 14.1. The molecule has 0 radical (unpaired) electrons. The van der Waals surface area contributed by atoms with E-state index >= 15 is 0 Å². The van der Waals surface area contributed by atoms with Gasteiger partial charge in [-0.25, -0.2) is 0 Å². The zero-order chi connectivity index (χ0) is 17.2. The monoisotopic (exact) mass is 436 g/mol. The molecular weight excluding hydrogens is 415 g/mol. The van der Waals surface area contributed by atoms with Gasteiger partial charge in [0.25, 0.3) is 0 Å². The van der Waals surface area contributed by atoms with E-state index in [1.54, 1.807) is 0 Å². The topological polar surface area (TPSA) is 0 Å². The molecule has 0 atom stereocenters. The second-order valence-corrected chi connectivity index (χ2v) is 7.73. The summed E-state index contributed by atoms with van der Waals surface area (Å²) in [6.07, 6.45) is 3.58. The van der Waals surface area contributed by atoms with Crippen LogP contribution in [0.4, 0.5) is 0 Å². The van der Waals surface area contributed by atoms with Gasteiger partial charge in [0, 0.05) is 9.13 Å². The quantitative estimate of drug-likeness (QED) is 0.289. The molecule has 0 amide bonds. The van der Waals surface area contributed by atoms with E-state index in [1.165, 1.54) is 54.6 Å². The Hall–Kier alpha value is -1.87. The zero-order valence-electron chi connectivity index (χ0n) is 14.4. The van der Waals surface area contributed by atoms with Crippen molar-refractivity contribution < 1.29 is 0 Å². The summed E-state index contributed by atoms with van der Waals surface area (Å²) in [5, 5.41) is 5.35. The smallest absolute Gasteiger partial charge is 0.0215 e. The summed E-state index contributed by atoms with van der Waals surface area (Å²) in [5.41, 5.74) is 4.28. The standard InChI is InChI=1S/C24H21I/c1-2-3-8-19-14-13-17-9-4-6-11-20(17)23(19)24-21-12-7-5-10-18(21)15-16-22(24)25/h4-7,9-16H,2-3,8H2,1H3. The molecule has 4 aromatic rings. The first-order valence-corrected chi connectivity index (χ1v) is 10.1. The lowest BCUT2D eigenvalue weighted by Crippen LogP contribution is -1.95. The predicted molar refractivity (Wildman–Crippen MR) is 118 cm³/mol. The average molecular weight is 436 g/mol. The Bertz CT molecular complexity index is 1050. The van der Waals surface area contributed by atoms with E-state index in [2.05, 4.69) is 102 Å². The molecule has 0 heterocycles. The van der Waals surface area contributed by atoms with Gasteiger partial charge >= 0.3 is 0 Å². The molecule has 0 saturated carbocycles. The normalized spacial score (nSPS) is 11.3. The van der Waals surface area contributed by atoms with Crippen molar-refractivity contribution in [1.82, 2.24) is 0 Å². The van der Waals surface area contributed by atoms with Gasteiger partial charge in [0.1, 0.15) is 0 Å². The largest absolute Gasteiger partial charge is 0.0654 e. The molecular formula is C24H21I. The van der Waals surface area contributed by atoms with Gasteiger partial charge in [-0.05, 0) is 74.2 Å². The fraction of sp³-hybridized carbons (Fsp3) is 0.167. The Morgan fingerprint density at radius 3 is 1.96 bits per heavy atom. The number of hydrogen-bond acceptors (Lipinski definition) is 0. The maximum absolute atomic E-state index is 2.50. The molecule has 0 aromatic heterocycles. The SMILES string of the molecule is CCCCc1ccc2ccccc2c1-c1c(I)ccc2ccccc12. The summed E-state index contributed by atoms with van der Waals surface area (Å²) in [5.74, 6) is 0. The first-order chi connectivity index (χ1) is 12.3. The Labute approximate surface area is 163 Å². The summed E-state index contributed by atoms with van der Waals surface area (Å²) in [6.45, 7) is 2.27. The molecule has 25 heavy (non-hydrogen) atoms. The van der Waals surface area contributed by atoms with Crippen LogP contribution in [0.25, 0.3) is 32.7 Å². The molecule has 0 aliphatic heterocycles. The molecule has 0 aliphatic carbocycles. The maximum Gasteiger partial charge on any atom is 0.0215 e. The fourth-order valence-corrected chi connectivity index (χ4v) is 4.43. The van der Waals surface area contributed by atoms with Crippen molar-refractivity contribution in [3.8, 4) is 11.1 Å². The Morgan fingerprint density at radius 2 is 1.28 bits per heavy atom. The van der Waals surface area contributed by atoms with Gasteiger partial charge in [-0.15, -0.1) is 0 Å². The van der Waals surface area contributed by atoms with Gasteiger partial charge in [0.15, 0.2) is 0 Å². The molecule has 0 nitrogen and oxygen atoms in total. The number of hydrogen-bond donors (Lipinski definition) is 0. The van der Waals surface area contributed by atoms with Crippen molar-refractivity contribution in [2.45, 2.75) is 26.2 Å². The third kappa shape index (κ3) is 3.06. The van der Waals surface area contributed by atoms with Crippen LogP contribution in [-0.2, 0) is 6.42 Å².